The Morgan fingerprint density at radius 2 is 1.67 bits per heavy atom. The Morgan fingerprint density at radius 3 is 2.33 bits per heavy atom. The van der Waals surface area contributed by atoms with Crippen LogP contribution in [0.5, 0.6) is 17.2 Å². The van der Waals surface area contributed by atoms with Gasteiger partial charge >= 0.3 is 5.63 Å². The van der Waals surface area contributed by atoms with Gasteiger partial charge in [0.05, 0.1) is 24.1 Å². The van der Waals surface area contributed by atoms with Crippen LogP contribution in [0.2, 0.25) is 0 Å². The predicted octanol–water partition coefficient (Wildman–Crippen LogP) is 3.50. The van der Waals surface area contributed by atoms with Crippen molar-refractivity contribution in [2.24, 2.45) is 0 Å². The number of ether oxygens (including phenoxy) is 2. The van der Waals surface area contributed by atoms with Crippen LogP contribution in [0.4, 0.5) is 0 Å². The lowest BCUT2D eigenvalue weighted by Crippen LogP contribution is -2.55. The van der Waals surface area contributed by atoms with E-state index in [1.54, 1.807) is 25.1 Å². The van der Waals surface area contributed by atoms with Crippen molar-refractivity contribution in [2.75, 3.05) is 13.1 Å². The highest BCUT2D eigenvalue weighted by Gasteiger charge is 2.38. The predicted molar refractivity (Wildman–Crippen MR) is 111 cm³/mol. The molecule has 1 aliphatic heterocycles. The van der Waals surface area contributed by atoms with Gasteiger partial charge in [0.1, 0.15) is 29.1 Å². The van der Waals surface area contributed by atoms with E-state index in [0.717, 1.165) is 11.3 Å². The minimum Gasteiger partial charge on any atom is -0.487 e. The van der Waals surface area contributed by atoms with E-state index in [0.29, 0.717) is 17.3 Å². The Balaban J connectivity index is 1.39. The summed E-state index contributed by atoms with van der Waals surface area (Å²) < 4.78 is 43.3. The van der Waals surface area contributed by atoms with Crippen LogP contribution in [0.25, 0.3) is 0 Å². The van der Waals surface area contributed by atoms with Gasteiger partial charge in [-0.05, 0) is 49.7 Å². The molecule has 0 radical (unpaired) electrons. The van der Waals surface area contributed by atoms with Crippen LogP contribution in [0.1, 0.15) is 11.3 Å². The number of sulfonamides is 1. The summed E-state index contributed by atoms with van der Waals surface area (Å²) in [5.41, 5.74) is 0.494. The highest BCUT2D eigenvalue weighted by atomic mass is 32.2. The SMILES string of the molecule is Cc1cc(OC2CN(S(=O)(=O)c3ccc(Oc4ccccc4C)cc3)C2)cc(=O)o1. The van der Waals surface area contributed by atoms with Gasteiger partial charge in [-0.2, -0.15) is 4.31 Å². The zero-order chi connectivity index (χ0) is 21.3. The normalized spacial score (nSPS) is 14.9. The Kier molecular flexibility index (Phi) is 5.36. The molecule has 2 heterocycles. The van der Waals surface area contributed by atoms with Crippen molar-refractivity contribution >= 4 is 10.0 Å². The molecule has 4 rings (SSSR count). The maximum absolute atomic E-state index is 12.8. The van der Waals surface area contributed by atoms with Crippen LogP contribution in [0, 0.1) is 13.8 Å². The van der Waals surface area contributed by atoms with Gasteiger partial charge in [0, 0.05) is 6.07 Å². The largest absolute Gasteiger partial charge is 0.487 e. The summed E-state index contributed by atoms with van der Waals surface area (Å²) in [6.45, 7) is 4.02. The first-order valence-corrected chi connectivity index (χ1v) is 10.9. The first kappa shape index (κ1) is 20.2. The van der Waals surface area contributed by atoms with Crippen molar-refractivity contribution in [3.05, 3.63) is 82.4 Å². The molecule has 0 amide bonds. The van der Waals surface area contributed by atoms with Gasteiger partial charge in [0.25, 0.3) is 0 Å². The van der Waals surface area contributed by atoms with E-state index in [4.69, 9.17) is 13.9 Å². The lowest BCUT2D eigenvalue weighted by molar-refractivity contribution is 0.0754. The number of para-hydroxylation sites is 1. The second kappa shape index (κ2) is 7.97. The van der Waals surface area contributed by atoms with Crippen molar-refractivity contribution in [3.8, 4) is 17.2 Å². The van der Waals surface area contributed by atoms with Crippen LogP contribution in [-0.4, -0.2) is 31.9 Å². The van der Waals surface area contributed by atoms with Crippen molar-refractivity contribution in [3.63, 3.8) is 0 Å². The van der Waals surface area contributed by atoms with E-state index in [9.17, 15) is 13.2 Å². The van der Waals surface area contributed by atoms with Crippen LogP contribution in [0.3, 0.4) is 0 Å². The molecule has 2 aromatic carbocycles. The molecule has 7 nitrogen and oxygen atoms in total. The minimum atomic E-state index is -3.62. The number of nitrogens with zero attached hydrogens (tertiary/aromatic N) is 1. The van der Waals surface area contributed by atoms with E-state index in [1.165, 1.54) is 22.5 Å². The number of aryl methyl sites for hydroxylation is 2. The van der Waals surface area contributed by atoms with E-state index >= 15 is 0 Å². The van der Waals surface area contributed by atoms with Gasteiger partial charge in [-0.25, -0.2) is 13.2 Å². The van der Waals surface area contributed by atoms with Crippen molar-refractivity contribution < 1.29 is 22.3 Å². The summed E-state index contributed by atoms with van der Waals surface area (Å²) in [4.78, 5) is 11.6. The summed E-state index contributed by atoms with van der Waals surface area (Å²) in [5.74, 6) is 2.10. The fourth-order valence-corrected chi connectivity index (χ4v) is 4.64. The summed E-state index contributed by atoms with van der Waals surface area (Å²) in [6, 6.07) is 16.8. The van der Waals surface area contributed by atoms with Gasteiger partial charge in [-0.15, -0.1) is 0 Å². The minimum absolute atomic E-state index is 0.189. The summed E-state index contributed by atoms with van der Waals surface area (Å²) in [5, 5.41) is 0. The zero-order valence-electron chi connectivity index (χ0n) is 16.6. The number of hydrogen-bond acceptors (Lipinski definition) is 6. The third-order valence-electron chi connectivity index (χ3n) is 4.77. The topological polar surface area (TPSA) is 86.0 Å². The van der Waals surface area contributed by atoms with Gasteiger partial charge < -0.3 is 13.9 Å². The maximum atomic E-state index is 12.8. The molecule has 0 atom stereocenters. The average molecular weight is 427 g/mol. The zero-order valence-corrected chi connectivity index (χ0v) is 17.4. The Morgan fingerprint density at radius 1 is 0.967 bits per heavy atom. The van der Waals surface area contributed by atoms with E-state index in [1.807, 2.05) is 31.2 Å². The van der Waals surface area contributed by atoms with Crippen LogP contribution < -0.4 is 15.1 Å². The third kappa shape index (κ3) is 4.24. The number of rotatable bonds is 6. The van der Waals surface area contributed by atoms with Gasteiger partial charge in [0.2, 0.25) is 10.0 Å². The summed E-state index contributed by atoms with van der Waals surface area (Å²) in [6.07, 6.45) is -0.315. The van der Waals surface area contributed by atoms with E-state index < -0.39 is 15.6 Å². The Labute approximate surface area is 174 Å². The van der Waals surface area contributed by atoms with Crippen LogP contribution >= 0.6 is 0 Å². The third-order valence-corrected chi connectivity index (χ3v) is 6.61. The maximum Gasteiger partial charge on any atom is 0.339 e. The molecular weight excluding hydrogens is 406 g/mol. The molecule has 0 aliphatic carbocycles. The second-order valence-corrected chi connectivity index (χ2v) is 9.06. The first-order chi connectivity index (χ1) is 14.3. The molecule has 0 saturated carbocycles. The van der Waals surface area contributed by atoms with Gasteiger partial charge in [-0.3, -0.25) is 0 Å². The molecule has 1 aliphatic rings. The van der Waals surface area contributed by atoms with Crippen molar-refractivity contribution in [1.29, 1.82) is 0 Å². The second-order valence-electron chi connectivity index (χ2n) is 7.12. The first-order valence-electron chi connectivity index (χ1n) is 9.43. The monoisotopic (exact) mass is 427 g/mol. The molecule has 1 aromatic heterocycles. The fraction of sp³-hybridized carbons (Fsp3) is 0.227. The highest BCUT2D eigenvalue weighted by Crippen LogP contribution is 2.28. The summed E-state index contributed by atoms with van der Waals surface area (Å²) in [7, 11) is -3.62. The van der Waals surface area contributed by atoms with E-state index in [-0.39, 0.29) is 24.1 Å². The molecule has 156 valence electrons. The van der Waals surface area contributed by atoms with Crippen molar-refractivity contribution in [2.45, 2.75) is 24.8 Å². The smallest absolute Gasteiger partial charge is 0.339 e. The van der Waals surface area contributed by atoms with Crippen molar-refractivity contribution in [1.82, 2.24) is 4.31 Å². The Bertz CT molecular complexity index is 1210. The van der Waals surface area contributed by atoms with Gasteiger partial charge in [-0.1, -0.05) is 18.2 Å². The summed E-state index contributed by atoms with van der Waals surface area (Å²) >= 11 is 0. The molecule has 0 N–H and O–H groups in total. The quantitative estimate of drug-likeness (QED) is 0.599. The molecule has 1 fully saturated rings. The Hall–Kier alpha value is -3.10. The molecule has 3 aromatic rings. The lowest BCUT2D eigenvalue weighted by Gasteiger charge is -2.37. The fourth-order valence-electron chi connectivity index (χ4n) is 3.13. The lowest BCUT2D eigenvalue weighted by atomic mass is 10.2. The molecule has 1 saturated heterocycles. The molecule has 0 unspecified atom stereocenters. The van der Waals surface area contributed by atoms with Crippen LogP contribution in [0.15, 0.2) is 74.8 Å². The van der Waals surface area contributed by atoms with Crippen LogP contribution in [-0.2, 0) is 10.0 Å². The molecular formula is C22H21NO6S. The highest BCUT2D eigenvalue weighted by molar-refractivity contribution is 7.89. The molecule has 8 heteroatoms. The molecule has 0 spiro atoms. The molecule has 30 heavy (non-hydrogen) atoms. The molecule has 0 bridgehead atoms. The van der Waals surface area contributed by atoms with Gasteiger partial charge in [0.15, 0.2) is 0 Å². The standard InChI is InChI=1S/C22H21NO6S/c1-15-5-3-4-6-21(15)29-17-7-9-20(10-8-17)30(25,26)23-13-19(14-23)28-18-11-16(2)27-22(24)12-18/h3-12,19H,13-14H2,1-2H3. The number of benzene rings is 2. The number of hydrogen-bond donors (Lipinski definition) is 0. The van der Waals surface area contributed by atoms with E-state index in [2.05, 4.69) is 0 Å². The average Bonchev–Trinajstić information content (AvgIpc) is 2.66.